The number of halogens is 1. The Morgan fingerprint density at radius 2 is 2.25 bits per heavy atom. The summed E-state index contributed by atoms with van der Waals surface area (Å²) in [7, 11) is 0. The first-order chi connectivity index (χ1) is 7.61. The summed E-state index contributed by atoms with van der Waals surface area (Å²) in [6, 6.07) is 7.51. The molecule has 0 unspecified atom stereocenters. The summed E-state index contributed by atoms with van der Waals surface area (Å²) in [4.78, 5) is 3.94. The van der Waals surface area contributed by atoms with Gasteiger partial charge in [0.1, 0.15) is 0 Å². The molecule has 0 bridgehead atoms. The summed E-state index contributed by atoms with van der Waals surface area (Å²) in [6.07, 6.45) is 0. The van der Waals surface area contributed by atoms with E-state index < -0.39 is 0 Å². The molecule has 1 aromatic carbocycles. The zero-order valence-electron chi connectivity index (χ0n) is 8.48. The molecule has 16 heavy (non-hydrogen) atoms. The molecule has 5 nitrogen and oxygen atoms in total. The Bertz CT molecular complexity index is 581. The summed E-state index contributed by atoms with van der Waals surface area (Å²) in [5.41, 5.74) is 7.83. The van der Waals surface area contributed by atoms with E-state index in [9.17, 15) is 0 Å². The van der Waals surface area contributed by atoms with Gasteiger partial charge in [-0.3, -0.25) is 0 Å². The lowest BCUT2D eigenvalue weighted by Crippen LogP contribution is -1.99. The maximum atomic E-state index is 8.82. The van der Waals surface area contributed by atoms with Crippen LogP contribution in [0.15, 0.2) is 22.9 Å². The zero-order valence-corrected chi connectivity index (χ0v) is 10.1. The summed E-state index contributed by atoms with van der Waals surface area (Å²) < 4.78 is 2.11. The number of hydrogen-bond donors (Lipinski definition) is 1. The summed E-state index contributed by atoms with van der Waals surface area (Å²) in [5.74, 6) is 0.203. The first-order valence-corrected chi connectivity index (χ1v) is 5.30. The number of benzene rings is 1. The molecule has 0 amide bonds. The average molecular weight is 278 g/mol. The lowest BCUT2D eigenvalue weighted by molar-refractivity contribution is 0.858. The van der Waals surface area contributed by atoms with Crippen molar-refractivity contribution < 1.29 is 0 Å². The largest absolute Gasteiger partial charge is 0.366 e. The number of nitriles is 1. The van der Waals surface area contributed by atoms with Gasteiger partial charge in [0.05, 0.1) is 17.3 Å². The number of anilines is 1. The van der Waals surface area contributed by atoms with E-state index >= 15 is 0 Å². The van der Waals surface area contributed by atoms with Crippen LogP contribution in [-0.4, -0.2) is 14.8 Å². The molecule has 0 saturated heterocycles. The van der Waals surface area contributed by atoms with Crippen molar-refractivity contribution in [2.24, 2.45) is 0 Å². The third-order valence-electron chi connectivity index (χ3n) is 2.16. The van der Waals surface area contributed by atoms with E-state index in [1.54, 1.807) is 16.8 Å². The second kappa shape index (κ2) is 3.94. The number of nitrogens with zero attached hydrogens (tertiary/aromatic N) is 4. The van der Waals surface area contributed by atoms with Gasteiger partial charge in [0.2, 0.25) is 10.7 Å². The number of nitrogens with two attached hydrogens (primary N) is 1. The van der Waals surface area contributed by atoms with E-state index in [2.05, 4.69) is 32.1 Å². The monoisotopic (exact) mass is 277 g/mol. The molecule has 80 valence electrons. The van der Waals surface area contributed by atoms with Gasteiger partial charge in [-0.2, -0.15) is 10.2 Å². The van der Waals surface area contributed by atoms with Crippen LogP contribution in [0.3, 0.4) is 0 Å². The number of rotatable bonds is 1. The van der Waals surface area contributed by atoms with Crippen molar-refractivity contribution in [3.05, 3.63) is 34.1 Å². The molecule has 0 aliphatic heterocycles. The van der Waals surface area contributed by atoms with Crippen LogP contribution in [0.2, 0.25) is 0 Å². The Morgan fingerprint density at radius 1 is 1.50 bits per heavy atom. The molecule has 0 atom stereocenters. The first-order valence-electron chi connectivity index (χ1n) is 4.51. The fourth-order valence-electron chi connectivity index (χ4n) is 1.38. The third-order valence-corrected chi connectivity index (χ3v) is 2.67. The Kier molecular flexibility index (Phi) is 2.62. The van der Waals surface area contributed by atoms with Crippen LogP contribution in [0.5, 0.6) is 0 Å². The van der Waals surface area contributed by atoms with Crippen molar-refractivity contribution in [2.75, 3.05) is 5.73 Å². The predicted octanol–water partition coefficient (Wildman–Crippen LogP) is 1.79. The summed E-state index contributed by atoms with van der Waals surface area (Å²) >= 11 is 3.26. The van der Waals surface area contributed by atoms with Crippen LogP contribution in [0, 0.1) is 18.3 Å². The van der Waals surface area contributed by atoms with Crippen LogP contribution >= 0.6 is 15.9 Å². The predicted molar refractivity (Wildman–Crippen MR) is 62.9 cm³/mol. The zero-order chi connectivity index (χ0) is 11.7. The van der Waals surface area contributed by atoms with Crippen LogP contribution in [0.4, 0.5) is 5.95 Å². The lowest BCUT2D eigenvalue weighted by Gasteiger charge is -2.04. The normalized spacial score (nSPS) is 10.1. The van der Waals surface area contributed by atoms with E-state index in [1.165, 1.54) is 0 Å². The van der Waals surface area contributed by atoms with E-state index in [4.69, 9.17) is 11.0 Å². The Balaban J connectivity index is 2.54. The molecule has 6 heteroatoms. The molecule has 2 aromatic rings. The highest BCUT2D eigenvalue weighted by atomic mass is 79.9. The molecule has 0 aliphatic carbocycles. The number of nitrogen functional groups attached to an aromatic ring is 1. The number of hydrogen-bond acceptors (Lipinski definition) is 4. The van der Waals surface area contributed by atoms with Gasteiger partial charge in [-0.05, 0) is 46.6 Å². The molecule has 0 aliphatic rings. The van der Waals surface area contributed by atoms with E-state index in [1.807, 2.05) is 13.0 Å². The maximum absolute atomic E-state index is 8.82. The molecule has 0 radical (unpaired) electrons. The standard InChI is InChI=1S/C10H8BrN5/c1-6-4-8(3-2-7(6)5-12)16-9(11)14-10(13)15-16/h2-4H,1H3,(H2,13,15). The van der Waals surface area contributed by atoms with Crippen LogP contribution < -0.4 is 5.73 Å². The van der Waals surface area contributed by atoms with Gasteiger partial charge in [-0.1, -0.05) is 0 Å². The maximum Gasteiger partial charge on any atom is 0.240 e. The number of aryl methyl sites for hydroxylation is 1. The highest BCUT2D eigenvalue weighted by molar-refractivity contribution is 9.10. The second-order valence-electron chi connectivity index (χ2n) is 3.26. The van der Waals surface area contributed by atoms with Gasteiger partial charge in [-0.15, -0.1) is 5.10 Å². The van der Waals surface area contributed by atoms with E-state index in [-0.39, 0.29) is 5.95 Å². The van der Waals surface area contributed by atoms with Crippen molar-refractivity contribution in [3.8, 4) is 11.8 Å². The average Bonchev–Trinajstić information content (AvgIpc) is 2.58. The number of aromatic nitrogens is 3. The molecular formula is C10H8BrN5. The highest BCUT2D eigenvalue weighted by Gasteiger charge is 2.08. The quantitative estimate of drug-likeness (QED) is 0.862. The molecule has 0 fully saturated rings. The van der Waals surface area contributed by atoms with Gasteiger partial charge in [-0.25, -0.2) is 4.68 Å². The molecular weight excluding hydrogens is 270 g/mol. The van der Waals surface area contributed by atoms with Crippen molar-refractivity contribution in [2.45, 2.75) is 6.92 Å². The summed E-state index contributed by atoms with van der Waals surface area (Å²) in [6.45, 7) is 1.87. The lowest BCUT2D eigenvalue weighted by atomic mass is 10.1. The molecule has 0 saturated carbocycles. The van der Waals surface area contributed by atoms with Crippen molar-refractivity contribution in [1.29, 1.82) is 5.26 Å². The van der Waals surface area contributed by atoms with Crippen LogP contribution in [-0.2, 0) is 0 Å². The highest BCUT2D eigenvalue weighted by Crippen LogP contribution is 2.18. The molecule has 0 spiro atoms. The van der Waals surface area contributed by atoms with Gasteiger partial charge in [0.25, 0.3) is 0 Å². The van der Waals surface area contributed by atoms with Crippen molar-refractivity contribution in [1.82, 2.24) is 14.8 Å². The second-order valence-corrected chi connectivity index (χ2v) is 3.97. The molecule has 1 aromatic heterocycles. The van der Waals surface area contributed by atoms with Gasteiger partial charge >= 0.3 is 0 Å². The first kappa shape index (κ1) is 10.6. The smallest absolute Gasteiger partial charge is 0.240 e. The van der Waals surface area contributed by atoms with Gasteiger partial charge in [0, 0.05) is 0 Å². The minimum atomic E-state index is 0.203. The Morgan fingerprint density at radius 3 is 2.75 bits per heavy atom. The topological polar surface area (TPSA) is 80.5 Å². The minimum absolute atomic E-state index is 0.203. The summed E-state index contributed by atoms with van der Waals surface area (Å²) in [5, 5.41) is 12.9. The van der Waals surface area contributed by atoms with E-state index in [0.717, 1.165) is 11.3 Å². The SMILES string of the molecule is Cc1cc(-n2nc(N)nc2Br)ccc1C#N. The molecule has 2 rings (SSSR count). The molecule has 2 N–H and O–H groups in total. The fraction of sp³-hybridized carbons (Fsp3) is 0.100. The molecule has 1 heterocycles. The third kappa shape index (κ3) is 1.77. The van der Waals surface area contributed by atoms with Gasteiger partial charge < -0.3 is 5.73 Å². The van der Waals surface area contributed by atoms with Gasteiger partial charge in [0.15, 0.2) is 0 Å². The van der Waals surface area contributed by atoms with Crippen molar-refractivity contribution >= 4 is 21.9 Å². The van der Waals surface area contributed by atoms with E-state index in [0.29, 0.717) is 10.3 Å². The van der Waals surface area contributed by atoms with Crippen molar-refractivity contribution in [3.63, 3.8) is 0 Å². The van der Waals surface area contributed by atoms with Crippen LogP contribution in [0.25, 0.3) is 5.69 Å². The Labute approximate surface area is 101 Å². The minimum Gasteiger partial charge on any atom is -0.366 e. The fourth-order valence-corrected chi connectivity index (χ4v) is 1.84. The Hall–Kier alpha value is -1.87. The van der Waals surface area contributed by atoms with Crippen LogP contribution in [0.1, 0.15) is 11.1 Å².